The molecule has 1 aromatic carbocycles. The van der Waals surface area contributed by atoms with Gasteiger partial charge in [0.1, 0.15) is 0 Å². The highest BCUT2D eigenvalue weighted by Crippen LogP contribution is 2.32. The van der Waals surface area contributed by atoms with Gasteiger partial charge in [-0.05, 0) is 24.1 Å². The Morgan fingerprint density at radius 2 is 2.29 bits per heavy atom. The Balaban J connectivity index is 2.44. The number of aliphatic carboxylic acids is 1. The summed E-state index contributed by atoms with van der Waals surface area (Å²) in [5, 5.41) is 8.76. The minimum atomic E-state index is -3.04. The van der Waals surface area contributed by atoms with Crippen molar-refractivity contribution in [2.24, 2.45) is 0 Å². The van der Waals surface area contributed by atoms with E-state index in [9.17, 15) is 4.79 Å². The first-order valence-electron chi connectivity index (χ1n) is 5.90. The maximum atomic E-state index is 10.8. The van der Waals surface area contributed by atoms with E-state index in [0.29, 0.717) is 5.75 Å². The second kappa shape index (κ2) is 3.57. The van der Waals surface area contributed by atoms with E-state index in [0.717, 1.165) is 0 Å². The average molecular weight is 198 g/mol. The van der Waals surface area contributed by atoms with Crippen molar-refractivity contribution in [3.05, 3.63) is 23.8 Å². The van der Waals surface area contributed by atoms with E-state index < -0.39 is 18.7 Å². The third-order valence-electron chi connectivity index (χ3n) is 1.69. The van der Waals surface area contributed by atoms with E-state index in [1.54, 1.807) is 0 Å². The lowest BCUT2D eigenvalue weighted by Gasteiger charge is -2.00. The molecule has 0 fully saturated rings. The van der Waals surface area contributed by atoms with E-state index in [2.05, 4.69) is 0 Å². The number of hydrogen-bond acceptors (Lipinski definition) is 3. The van der Waals surface area contributed by atoms with E-state index in [1.165, 1.54) is 18.2 Å². The topological polar surface area (TPSA) is 55.8 Å². The Labute approximate surface area is 86.7 Å². The van der Waals surface area contributed by atoms with Crippen molar-refractivity contribution in [1.29, 1.82) is 0 Å². The molecular formula is C10H10O4. The Morgan fingerprint density at radius 3 is 3.07 bits per heavy atom. The highest BCUT2D eigenvalue weighted by Gasteiger charge is 2.13. The Morgan fingerprint density at radius 1 is 1.50 bits per heavy atom. The highest BCUT2D eigenvalue weighted by molar-refractivity contribution is 5.67. The molecule has 1 N–H and O–H groups in total. The Hall–Kier alpha value is -1.71. The quantitative estimate of drug-likeness (QED) is 0.798. The van der Waals surface area contributed by atoms with Crippen molar-refractivity contribution >= 4 is 5.97 Å². The van der Waals surface area contributed by atoms with Crippen LogP contribution in [0, 0.1) is 0 Å². The number of carboxylic acid groups (broad SMARTS) is 1. The zero-order valence-electron chi connectivity index (χ0n) is 11.1. The molecule has 0 saturated heterocycles. The van der Waals surface area contributed by atoms with Crippen LogP contribution in [-0.2, 0) is 11.2 Å². The second-order valence-electron chi connectivity index (χ2n) is 2.62. The lowest BCUT2D eigenvalue weighted by Crippen LogP contribution is -1.97. The fourth-order valence-corrected chi connectivity index (χ4v) is 1.10. The molecule has 1 aliphatic rings. The molecule has 0 amide bonds. The third-order valence-corrected chi connectivity index (χ3v) is 1.69. The predicted molar refractivity (Wildman–Crippen MR) is 48.5 cm³/mol. The van der Waals surface area contributed by atoms with Crippen LogP contribution in [0.15, 0.2) is 18.2 Å². The fourth-order valence-electron chi connectivity index (χ4n) is 1.10. The lowest BCUT2D eigenvalue weighted by molar-refractivity contribution is -0.136. The molecule has 0 spiro atoms. The van der Waals surface area contributed by atoms with Gasteiger partial charge in [0.15, 0.2) is 11.5 Å². The van der Waals surface area contributed by atoms with Crippen LogP contribution in [0.4, 0.5) is 0 Å². The molecule has 0 unspecified atom stereocenters. The van der Waals surface area contributed by atoms with Crippen LogP contribution < -0.4 is 9.47 Å². The number of benzene rings is 1. The van der Waals surface area contributed by atoms with Gasteiger partial charge in [-0.2, -0.15) is 0 Å². The molecule has 74 valence electrons. The van der Waals surface area contributed by atoms with Crippen molar-refractivity contribution in [2.45, 2.75) is 12.7 Å². The van der Waals surface area contributed by atoms with Gasteiger partial charge in [-0.1, -0.05) is 6.07 Å². The summed E-state index contributed by atoms with van der Waals surface area (Å²) >= 11 is 0. The van der Waals surface area contributed by atoms with Gasteiger partial charge in [-0.15, -0.1) is 0 Å². The first kappa shape index (κ1) is 5.24. The van der Waals surface area contributed by atoms with Crippen LogP contribution in [0.1, 0.15) is 17.4 Å². The molecule has 1 aliphatic heterocycles. The molecule has 4 heteroatoms. The zero-order valence-corrected chi connectivity index (χ0v) is 7.11. The van der Waals surface area contributed by atoms with E-state index in [-0.39, 0.29) is 18.1 Å². The number of carbonyl (C=O) groups is 1. The van der Waals surface area contributed by atoms with Gasteiger partial charge in [0.05, 0.1) is 0 Å². The van der Waals surface area contributed by atoms with Crippen molar-refractivity contribution in [2.75, 3.05) is 6.79 Å². The Bertz CT molecular complexity index is 501. The summed E-state index contributed by atoms with van der Waals surface area (Å²) < 4.78 is 40.1. The molecule has 0 aromatic heterocycles. The SMILES string of the molecule is [2H]C([2H])(C(=O)O)C([2H])([2H])c1ccc2c(c1)OCO2. The summed E-state index contributed by atoms with van der Waals surface area (Å²) in [6, 6.07) is 3.96. The molecule has 14 heavy (non-hydrogen) atoms. The normalized spacial score (nSPS) is 19.1. The van der Waals surface area contributed by atoms with E-state index in [1.807, 2.05) is 0 Å². The molecule has 1 heterocycles. The van der Waals surface area contributed by atoms with Gasteiger partial charge in [0.2, 0.25) is 6.79 Å². The highest BCUT2D eigenvalue weighted by atomic mass is 16.7. The van der Waals surface area contributed by atoms with Crippen LogP contribution in [0.2, 0.25) is 0 Å². The molecule has 4 nitrogen and oxygen atoms in total. The van der Waals surface area contributed by atoms with Crippen molar-refractivity contribution in [1.82, 2.24) is 0 Å². The van der Waals surface area contributed by atoms with E-state index >= 15 is 0 Å². The standard InChI is InChI=1S/C10H10O4/c11-10(12)4-2-7-1-3-8-9(5-7)14-6-13-8/h1,3,5H,2,4,6H2,(H,11,12)/i2D2,4D2. The summed E-state index contributed by atoms with van der Waals surface area (Å²) in [6.45, 7) is 0.00755. The summed E-state index contributed by atoms with van der Waals surface area (Å²) in [5.74, 6) is -1.16. The number of fused-ring (bicyclic) bond motifs is 1. The van der Waals surface area contributed by atoms with Crippen LogP contribution in [0.25, 0.3) is 0 Å². The van der Waals surface area contributed by atoms with Gasteiger partial charge in [-0.3, -0.25) is 4.79 Å². The van der Waals surface area contributed by atoms with Gasteiger partial charge >= 0.3 is 5.97 Å². The summed E-state index contributed by atoms with van der Waals surface area (Å²) in [7, 11) is 0. The van der Waals surface area contributed by atoms with Crippen LogP contribution in [0.3, 0.4) is 0 Å². The summed E-state index contributed by atoms with van der Waals surface area (Å²) in [5.41, 5.74) is -0.112. The lowest BCUT2D eigenvalue weighted by atomic mass is 10.1. The Kier molecular flexibility index (Phi) is 1.34. The monoisotopic (exact) mass is 198 g/mol. The third kappa shape index (κ3) is 1.79. The van der Waals surface area contributed by atoms with Crippen LogP contribution >= 0.6 is 0 Å². The molecule has 0 saturated carbocycles. The van der Waals surface area contributed by atoms with Crippen LogP contribution in [0.5, 0.6) is 11.5 Å². The number of ether oxygens (including phenoxy) is 2. The second-order valence-corrected chi connectivity index (χ2v) is 2.62. The summed E-state index contributed by atoms with van der Waals surface area (Å²) in [6.07, 6.45) is -5.72. The summed E-state index contributed by atoms with van der Waals surface area (Å²) in [4.78, 5) is 10.8. The number of aryl methyl sites for hydroxylation is 1. The van der Waals surface area contributed by atoms with Gasteiger partial charge in [0.25, 0.3) is 0 Å². The molecule has 0 bridgehead atoms. The maximum Gasteiger partial charge on any atom is 0.303 e. The molecule has 1 aromatic rings. The smallest absolute Gasteiger partial charge is 0.303 e. The molecule has 2 rings (SSSR count). The zero-order chi connectivity index (χ0) is 13.6. The van der Waals surface area contributed by atoms with E-state index in [4.69, 9.17) is 20.1 Å². The molecular weight excluding hydrogens is 184 g/mol. The van der Waals surface area contributed by atoms with Crippen molar-refractivity contribution in [3.63, 3.8) is 0 Å². The minimum Gasteiger partial charge on any atom is -0.481 e. The van der Waals surface area contributed by atoms with Crippen molar-refractivity contribution < 1.29 is 24.9 Å². The number of hydrogen-bond donors (Lipinski definition) is 1. The minimum absolute atomic E-state index is 0.00755. The molecule has 0 atom stereocenters. The molecule has 0 radical (unpaired) electrons. The fraction of sp³-hybridized carbons (Fsp3) is 0.300. The van der Waals surface area contributed by atoms with Gasteiger partial charge in [0, 0.05) is 11.9 Å². The maximum absolute atomic E-state index is 10.8. The van der Waals surface area contributed by atoms with Crippen molar-refractivity contribution in [3.8, 4) is 11.5 Å². The number of rotatable bonds is 3. The van der Waals surface area contributed by atoms with Gasteiger partial charge in [-0.25, -0.2) is 0 Å². The first-order valence-corrected chi connectivity index (χ1v) is 3.90. The first-order chi connectivity index (χ1) is 8.26. The van der Waals surface area contributed by atoms with Crippen LogP contribution in [-0.4, -0.2) is 17.9 Å². The molecule has 0 aliphatic carbocycles. The average Bonchev–Trinajstić information content (AvgIpc) is 2.75. The number of carboxylic acids is 1. The predicted octanol–water partition coefficient (Wildman–Crippen LogP) is 1.43. The largest absolute Gasteiger partial charge is 0.481 e. The van der Waals surface area contributed by atoms with Gasteiger partial charge < -0.3 is 14.6 Å².